The minimum atomic E-state index is 0.0595. The molecule has 0 bridgehead atoms. The van der Waals surface area contributed by atoms with Crippen molar-refractivity contribution in [2.75, 3.05) is 0 Å². The second kappa shape index (κ2) is 6.41. The quantitative estimate of drug-likeness (QED) is 0.368. The van der Waals surface area contributed by atoms with Crippen LogP contribution in [0, 0.1) is 0 Å². The van der Waals surface area contributed by atoms with Gasteiger partial charge in [-0.3, -0.25) is 0 Å². The third kappa shape index (κ3) is 3.07. The first-order chi connectivity index (χ1) is 13.2. The van der Waals surface area contributed by atoms with Crippen LogP contribution in [0.15, 0.2) is 60.9 Å². The van der Waals surface area contributed by atoms with Crippen molar-refractivity contribution in [1.29, 1.82) is 0 Å². The zero-order valence-electron chi connectivity index (χ0n) is 17.8. The van der Waals surface area contributed by atoms with Gasteiger partial charge in [-0.2, -0.15) is 0 Å². The number of aromatic nitrogens is 2. The summed E-state index contributed by atoms with van der Waals surface area (Å²) >= 11 is 0. The van der Waals surface area contributed by atoms with E-state index in [0.29, 0.717) is 0 Å². The van der Waals surface area contributed by atoms with Gasteiger partial charge in [0.15, 0.2) is 0 Å². The van der Waals surface area contributed by atoms with Crippen molar-refractivity contribution in [3.8, 4) is 22.5 Å². The van der Waals surface area contributed by atoms with E-state index in [4.69, 9.17) is 0 Å². The number of fused-ring (bicyclic) bond motifs is 1. The molecule has 2 aromatic carbocycles. The highest BCUT2D eigenvalue weighted by Crippen LogP contribution is 2.43. The van der Waals surface area contributed by atoms with Crippen LogP contribution in [0.3, 0.4) is 0 Å². The summed E-state index contributed by atoms with van der Waals surface area (Å²) in [6.07, 6.45) is 4.02. The first kappa shape index (κ1) is 18.6. The lowest BCUT2D eigenvalue weighted by Gasteiger charge is -2.27. The molecular formula is C26H30N2. The van der Waals surface area contributed by atoms with E-state index in [-0.39, 0.29) is 10.8 Å². The lowest BCUT2D eigenvalue weighted by Crippen LogP contribution is -2.15. The van der Waals surface area contributed by atoms with Crippen LogP contribution in [0.1, 0.15) is 52.7 Å². The van der Waals surface area contributed by atoms with Gasteiger partial charge in [0, 0.05) is 34.9 Å². The van der Waals surface area contributed by atoms with Crippen molar-refractivity contribution in [2.45, 2.75) is 52.4 Å². The third-order valence-electron chi connectivity index (χ3n) is 5.55. The summed E-state index contributed by atoms with van der Waals surface area (Å²) in [5, 5.41) is 2.60. The summed E-state index contributed by atoms with van der Waals surface area (Å²) in [7, 11) is 0. The minimum absolute atomic E-state index is 0.0595. The van der Waals surface area contributed by atoms with Crippen LogP contribution in [0.2, 0.25) is 0 Å². The second-order valence-corrected chi connectivity index (χ2v) is 9.74. The molecule has 0 fully saturated rings. The zero-order chi connectivity index (χ0) is 20.1. The number of rotatable bonds is 2. The van der Waals surface area contributed by atoms with Crippen LogP contribution in [0.5, 0.6) is 0 Å². The molecule has 28 heavy (non-hydrogen) atoms. The topological polar surface area (TPSA) is 31.6 Å². The first-order valence-electron chi connectivity index (χ1n) is 10.1. The zero-order valence-corrected chi connectivity index (χ0v) is 17.8. The van der Waals surface area contributed by atoms with Gasteiger partial charge in [-0.25, -0.2) is 0 Å². The Morgan fingerprint density at radius 3 is 1.21 bits per heavy atom. The Kier molecular flexibility index (Phi) is 4.26. The highest BCUT2D eigenvalue weighted by molar-refractivity contribution is 6.06. The summed E-state index contributed by atoms with van der Waals surface area (Å²) in [5.74, 6) is 0. The fourth-order valence-electron chi connectivity index (χ4n) is 4.21. The van der Waals surface area contributed by atoms with E-state index >= 15 is 0 Å². The number of hydrogen-bond acceptors (Lipinski definition) is 0. The normalized spacial score (nSPS) is 12.6. The van der Waals surface area contributed by atoms with Crippen molar-refractivity contribution in [1.82, 2.24) is 9.97 Å². The predicted octanol–water partition coefficient (Wildman–Crippen LogP) is 7.43. The third-order valence-corrected chi connectivity index (χ3v) is 5.55. The molecule has 0 saturated heterocycles. The lowest BCUT2D eigenvalue weighted by molar-refractivity contribution is 0.591. The molecule has 2 heterocycles. The van der Waals surface area contributed by atoms with Crippen molar-refractivity contribution >= 4 is 10.8 Å². The molecule has 0 aliphatic heterocycles. The maximum Gasteiger partial charge on any atom is 0.0463 e. The van der Waals surface area contributed by atoms with Crippen molar-refractivity contribution in [3.63, 3.8) is 0 Å². The van der Waals surface area contributed by atoms with Gasteiger partial charge in [0.1, 0.15) is 0 Å². The monoisotopic (exact) mass is 370 g/mol. The van der Waals surface area contributed by atoms with Gasteiger partial charge in [0.25, 0.3) is 0 Å². The molecule has 0 aliphatic carbocycles. The lowest BCUT2D eigenvalue weighted by atomic mass is 9.77. The first-order valence-corrected chi connectivity index (χ1v) is 10.1. The van der Waals surface area contributed by atoms with E-state index in [1.54, 1.807) is 0 Å². The number of aromatic amines is 2. The molecule has 2 aromatic heterocycles. The van der Waals surface area contributed by atoms with Gasteiger partial charge in [-0.1, -0.05) is 65.8 Å². The smallest absolute Gasteiger partial charge is 0.0463 e. The van der Waals surface area contributed by atoms with E-state index in [0.717, 1.165) is 0 Å². The van der Waals surface area contributed by atoms with Crippen LogP contribution in [0.4, 0.5) is 0 Å². The Morgan fingerprint density at radius 2 is 0.929 bits per heavy atom. The van der Waals surface area contributed by atoms with Crippen LogP contribution < -0.4 is 0 Å². The van der Waals surface area contributed by atoms with Gasteiger partial charge in [0.2, 0.25) is 0 Å². The molecule has 0 atom stereocenters. The second-order valence-electron chi connectivity index (χ2n) is 9.74. The highest BCUT2D eigenvalue weighted by Gasteiger charge is 2.25. The maximum atomic E-state index is 3.45. The average molecular weight is 371 g/mol. The molecular weight excluding hydrogens is 340 g/mol. The Hall–Kier alpha value is -2.74. The van der Waals surface area contributed by atoms with E-state index in [1.807, 2.05) is 12.4 Å². The fraction of sp³-hybridized carbons (Fsp3) is 0.308. The van der Waals surface area contributed by atoms with Crippen molar-refractivity contribution in [3.05, 3.63) is 72.1 Å². The minimum Gasteiger partial charge on any atom is -0.361 e. The van der Waals surface area contributed by atoms with Crippen LogP contribution >= 0.6 is 0 Å². The van der Waals surface area contributed by atoms with Crippen LogP contribution in [0.25, 0.3) is 33.3 Å². The highest BCUT2D eigenvalue weighted by atomic mass is 14.7. The van der Waals surface area contributed by atoms with Crippen molar-refractivity contribution < 1.29 is 0 Å². The number of benzene rings is 2. The molecule has 2 N–H and O–H groups in total. The molecule has 2 heteroatoms. The molecule has 0 amide bonds. The van der Waals surface area contributed by atoms with E-state index < -0.39 is 0 Å². The van der Waals surface area contributed by atoms with Crippen LogP contribution in [-0.2, 0) is 10.8 Å². The fourth-order valence-corrected chi connectivity index (χ4v) is 4.21. The van der Waals surface area contributed by atoms with Crippen molar-refractivity contribution in [2.24, 2.45) is 0 Å². The summed E-state index contributed by atoms with van der Waals surface area (Å²) in [4.78, 5) is 6.90. The molecule has 0 unspecified atom stereocenters. The van der Waals surface area contributed by atoms with E-state index in [1.165, 1.54) is 44.4 Å². The molecule has 0 radical (unpaired) electrons. The molecule has 2 nitrogen and oxygen atoms in total. The number of hydrogen-bond donors (Lipinski definition) is 2. The van der Waals surface area contributed by atoms with Gasteiger partial charge in [-0.15, -0.1) is 0 Å². The van der Waals surface area contributed by atoms with Gasteiger partial charge in [0.05, 0.1) is 0 Å². The Bertz CT molecular complexity index is 1010. The van der Waals surface area contributed by atoms with Gasteiger partial charge < -0.3 is 9.97 Å². The predicted molar refractivity (Wildman–Crippen MR) is 121 cm³/mol. The SMILES string of the molecule is CC(C)(C)c1ccc2c(-c3ccc[nH]3)c(C(C)(C)C)ccc2c1-c1ccc[nH]1. The Balaban J connectivity index is 2.16. The largest absolute Gasteiger partial charge is 0.361 e. The Labute approximate surface area is 168 Å². The van der Waals surface area contributed by atoms with Gasteiger partial charge >= 0.3 is 0 Å². The number of nitrogens with one attached hydrogen (secondary N) is 2. The van der Waals surface area contributed by atoms with Crippen LogP contribution in [-0.4, -0.2) is 9.97 Å². The summed E-state index contributed by atoms with van der Waals surface area (Å²) in [5.41, 5.74) is 7.82. The standard InChI is InChI=1S/C26H30N2/c1-25(2,3)19-13-11-18-17(23(19)21-9-7-15-27-21)12-14-20(26(4,5)6)24(18)22-10-8-16-28-22/h7-16,27-28H,1-6H3. The molecule has 0 spiro atoms. The van der Waals surface area contributed by atoms with E-state index in [2.05, 4.69) is 100 Å². The molecule has 4 aromatic rings. The molecule has 0 aliphatic rings. The Morgan fingerprint density at radius 1 is 0.536 bits per heavy atom. The maximum absolute atomic E-state index is 3.45. The summed E-state index contributed by atoms with van der Waals surface area (Å²) in [6.45, 7) is 13.7. The molecule has 0 saturated carbocycles. The van der Waals surface area contributed by atoms with E-state index in [9.17, 15) is 0 Å². The molecule has 144 valence electrons. The van der Waals surface area contributed by atoms with Gasteiger partial charge in [-0.05, 0) is 57.0 Å². The average Bonchev–Trinajstić information content (AvgIpc) is 3.31. The number of H-pyrrole nitrogens is 2. The molecule has 4 rings (SSSR count). The summed E-state index contributed by atoms with van der Waals surface area (Å²) < 4.78 is 0. The summed E-state index contributed by atoms with van der Waals surface area (Å²) in [6, 6.07) is 17.8.